The summed E-state index contributed by atoms with van der Waals surface area (Å²) in [5.41, 5.74) is 3.07. The molecule has 0 saturated carbocycles. The van der Waals surface area contributed by atoms with E-state index in [1.54, 1.807) is 7.11 Å². The van der Waals surface area contributed by atoms with E-state index in [2.05, 4.69) is 10.4 Å². The molecule has 27 heavy (non-hydrogen) atoms. The van der Waals surface area contributed by atoms with E-state index in [1.807, 2.05) is 28.9 Å². The largest absolute Gasteiger partial charge is 0.497 e. The van der Waals surface area contributed by atoms with E-state index in [1.165, 1.54) is 0 Å². The van der Waals surface area contributed by atoms with Crippen LogP contribution in [0.2, 0.25) is 0 Å². The first-order valence-corrected chi connectivity index (χ1v) is 9.27. The minimum absolute atomic E-state index is 0.118. The second-order valence-corrected chi connectivity index (χ2v) is 7.40. The monoisotopic (exact) mass is 369 g/mol. The fourth-order valence-corrected chi connectivity index (χ4v) is 4.24. The van der Waals surface area contributed by atoms with Gasteiger partial charge in [-0.25, -0.2) is 4.79 Å². The van der Waals surface area contributed by atoms with E-state index < -0.39 is 5.97 Å². The Bertz CT molecular complexity index is 872. The zero-order chi connectivity index (χ0) is 19.0. The highest BCUT2D eigenvalue weighted by atomic mass is 16.5. The lowest BCUT2D eigenvalue weighted by Gasteiger charge is -2.16. The Hall–Kier alpha value is -2.83. The van der Waals surface area contributed by atoms with Crippen LogP contribution in [0.25, 0.3) is 0 Å². The molecule has 0 bridgehead atoms. The standard InChI is InChI=1S/C20H23N3O4/c1-27-15-5-2-12(3-6-15)11-23-17-10-13(8-14-4-7-18(24)21-14)9-16(17)19(22-23)20(25)26/h2-3,5-6,13-14H,4,7-11H2,1H3,(H,21,24)(H,25,26)/t13?,14-/m1/s1. The molecule has 1 aromatic heterocycles. The van der Waals surface area contributed by atoms with E-state index in [-0.39, 0.29) is 17.6 Å². The van der Waals surface area contributed by atoms with Crippen molar-refractivity contribution in [3.63, 3.8) is 0 Å². The average molecular weight is 369 g/mol. The van der Waals surface area contributed by atoms with Gasteiger partial charge in [0.05, 0.1) is 13.7 Å². The van der Waals surface area contributed by atoms with Crippen LogP contribution in [-0.4, -0.2) is 39.9 Å². The van der Waals surface area contributed by atoms with Crippen molar-refractivity contribution in [2.24, 2.45) is 5.92 Å². The number of hydrogen-bond donors (Lipinski definition) is 2. The minimum atomic E-state index is -0.977. The second-order valence-electron chi connectivity index (χ2n) is 7.40. The van der Waals surface area contributed by atoms with Crippen LogP contribution in [0, 0.1) is 5.92 Å². The number of fused-ring (bicyclic) bond motifs is 1. The number of amides is 1. The van der Waals surface area contributed by atoms with Gasteiger partial charge >= 0.3 is 5.97 Å². The maximum Gasteiger partial charge on any atom is 0.356 e. The number of methoxy groups -OCH3 is 1. The Morgan fingerprint density at radius 3 is 2.74 bits per heavy atom. The van der Waals surface area contributed by atoms with Crippen LogP contribution in [0.15, 0.2) is 24.3 Å². The number of carbonyl (C=O) groups excluding carboxylic acids is 1. The summed E-state index contributed by atoms with van der Waals surface area (Å²) in [6.07, 6.45) is 3.87. The molecule has 0 spiro atoms. The van der Waals surface area contributed by atoms with Gasteiger partial charge < -0.3 is 15.2 Å². The van der Waals surface area contributed by atoms with Crippen LogP contribution >= 0.6 is 0 Å². The van der Waals surface area contributed by atoms with E-state index in [9.17, 15) is 14.7 Å². The molecule has 2 aromatic rings. The first-order chi connectivity index (χ1) is 13.0. The molecule has 2 aliphatic rings. The lowest BCUT2D eigenvalue weighted by Crippen LogP contribution is -2.28. The van der Waals surface area contributed by atoms with Crippen molar-refractivity contribution < 1.29 is 19.4 Å². The van der Waals surface area contributed by atoms with Crippen molar-refractivity contribution in [2.75, 3.05) is 7.11 Å². The fraction of sp³-hybridized carbons (Fsp3) is 0.450. The van der Waals surface area contributed by atoms with E-state index in [4.69, 9.17) is 4.74 Å². The minimum Gasteiger partial charge on any atom is -0.497 e. The molecule has 2 atom stereocenters. The number of carbonyl (C=O) groups is 2. The van der Waals surface area contributed by atoms with Gasteiger partial charge in [0.25, 0.3) is 0 Å². The van der Waals surface area contributed by atoms with Crippen molar-refractivity contribution in [1.29, 1.82) is 0 Å². The first kappa shape index (κ1) is 17.6. The number of nitrogens with zero attached hydrogens (tertiary/aromatic N) is 2. The summed E-state index contributed by atoms with van der Waals surface area (Å²) in [5.74, 6) is 0.276. The number of carboxylic acid groups (broad SMARTS) is 1. The molecule has 1 saturated heterocycles. The Kier molecular flexibility index (Phi) is 4.59. The molecule has 2 heterocycles. The average Bonchev–Trinajstić information content (AvgIpc) is 3.32. The predicted molar refractivity (Wildman–Crippen MR) is 98.0 cm³/mol. The molecule has 1 unspecified atom stereocenters. The van der Waals surface area contributed by atoms with Crippen molar-refractivity contribution in [3.8, 4) is 5.75 Å². The Labute approximate surface area is 157 Å². The molecular formula is C20H23N3O4. The molecule has 4 rings (SSSR count). The lowest BCUT2D eigenvalue weighted by atomic mass is 9.96. The van der Waals surface area contributed by atoms with Crippen LogP contribution in [0.3, 0.4) is 0 Å². The summed E-state index contributed by atoms with van der Waals surface area (Å²) in [6.45, 7) is 0.534. The van der Waals surface area contributed by atoms with E-state index in [0.29, 0.717) is 25.3 Å². The number of aromatic carboxylic acids is 1. The van der Waals surface area contributed by atoms with E-state index in [0.717, 1.165) is 41.8 Å². The third kappa shape index (κ3) is 3.54. The van der Waals surface area contributed by atoms with Crippen molar-refractivity contribution in [3.05, 3.63) is 46.8 Å². The normalized spacial score (nSPS) is 21.1. The lowest BCUT2D eigenvalue weighted by molar-refractivity contribution is -0.119. The third-order valence-electron chi connectivity index (χ3n) is 5.54. The number of rotatable bonds is 6. The first-order valence-electron chi connectivity index (χ1n) is 9.27. The number of carboxylic acids is 1. The van der Waals surface area contributed by atoms with Gasteiger partial charge in [-0.05, 0) is 49.3 Å². The van der Waals surface area contributed by atoms with Gasteiger partial charge in [-0.2, -0.15) is 5.10 Å². The number of hydrogen-bond acceptors (Lipinski definition) is 4. The molecule has 142 valence electrons. The Morgan fingerprint density at radius 1 is 1.33 bits per heavy atom. The van der Waals surface area contributed by atoms with Crippen molar-refractivity contribution >= 4 is 11.9 Å². The number of ether oxygens (including phenoxy) is 1. The molecule has 7 heteroatoms. The molecule has 1 aliphatic heterocycles. The molecule has 7 nitrogen and oxygen atoms in total. The maximum absolute atomic E-state index is 11.7. The van der Waals surface area contributed by atoms with Crippen LogP contribution in [-0.2, 0) is 24.2 Å². The van der Waals surface area contributed by atoms with E-state index >= 15 is 0 Å². The molecule has 1 amide bonds. The summed E-state index contributed by atoms with van der Waals surface area (Å²) in [4.78, 5) is 23.1. The molecule has 1 aliphatic carbocycles. The highest BCUT2D eigenvalue weighted by molar-refractivity contribution is 5.87. The van der Waals surface area contributed by atoms with Gasteiger partial charge in [0.2, 0.25) is 5.91 Å². The van der Waals surface area contributed by atoms with Crippen molar-refractivity contribution in [2.45, 2.75) is 44.7 Å². The van der Waals surface area contributed by atoms with Crippen LogP contribution < -0.4 is 10.1 Å². The highest BCUT2D eigenvalue weighted by Crippen LogP contribution is 2.33. The number of nitrogens with one attached hydrogen (secondary N) is 1. The van der Waals surface area contributed by atoms with Crippen LogP contribution in [0.5, 0.6) is 5.75 Å². The predicted octanol–water partition coefficient (Wildman–Crippen LogP) is 2.02. The van der Waals surface area contributed by atoms with Gasteiger partial charge in [-0.1, -0.05) is 12.1 Å². The summed E-state index contributed by atoms with van der Waals surface area (Å²) in [7, 11) is 1.63. The zero-order valence-corrected chi connectivity index (χ0v) is 15.3. The Morgan fingerprint density at radius 2 is 2.11 bits per heavy atom. The maximum atomic E-state index is 11.7. The smallest absolute Gasteiger partial charge is 0.356 e. The van der Waals surface area contributed by atoms with Crippen LogP contribution in [0.1, 0.15) is 46.6 Å². The second kappa shape index (κ2) is 7.06. The van der Waals surface area contributed by atoms with Gasteiger partial charge in [0.15, 0.2) is 5.69 Å². The summed E-state index contributed by atoms with van der Waals surface area (Å²) < 4.78 is 7.01. The third-order valence-corrected chi connectivity index (χ3v) is 5.54. The van der Waals surface area contributed by atoms with Gasteiger partial charge in [0.1, 0.15) is 5.75 Å². The zero-order valence-electron chi connectivity index (χ0n) is 15.3. The molecular weight excluding hydrogens is 346 g/mol. The fourth-order valence-electron chi connectivity index (χ4n) is 4.24. The quantitative estimate of drug-likeness (QED) is 0.813. The molecule has 1 aromatic carbocycles. The SMILES string of the molecule is COc1ccc(Cn2nc(C(=O)O)c3c2CC(C[C@H]2CCC(=O)N2)C3)cc1. The number of aromatic nitrogens is 2. The van der Waals surface area contributed by atoms with Crippen molar-refractivity contribution in [1.82, 2.24) is 15.1 Å². The van der Waals surface area contributed by atoms with Gasteiger partial charge in [0, 0.05) is 23.7 Å². The Balaban J connectivity index is 1.53. The summed E-state index contributed by atoms with van der Waals surface area (Å²) >= 11 is 0. The molecule has 0 radical (unpaired) electrons. The number of benzene rings is 1. The molecule has 1 fully saturated rings. The van der Waals surface area contributed by atoms with Crippen LogP contribution in [0.4, 0.5) is 0 Å². The molecule has 2 N–H and O–H groups in total. The topological polar surface area (TPSA) is 93.5 Å². The summed E-state index contributed by atoms with van der Waals surface area (Å²) in [6, 6.07) is 7.93. The summed E-state index contributed by atoms with van der Waals surface area (Å²) in [5, 5.41) is 16.9. The van der Waals surface area contributed by atoms with Gasteiger partial charge in [-0.15, -0.1) is 0 Å². The van der Waals surface area contributed by atoms with Gasteiger partial charge in [-0.3, -0.25) is 9.48 Å². The highest BCUT2D eigenvalue weighted by Gasteiger charge is 2.34.